The second kappa shape index (κ2) is 8.41. The lowest BCUT2D eigenvalue weighted by molar-refractivity contribution is -0.0678. The van der Waals surface area contributed by atoms with Crippen LogP contribution in [0.15, 0.2) is 18.5 Å². The van der Waals surface area contributed by atoms with Gasteiger partial charge in [0.2, 0.25) is 5.60 Å². The molecule has 0 bridgehead atoms. The third kappa shape index (κ3) is 3.75. The van der Waals surface area contributed by atoms with Crippen molar-refractivity contribution >= 4 is 17.4 Å². The van der Waals surface area contributed by atoms with Crippen LogP contribution in [-0.4, -0.2) is 99.9 Å². The Morgan fingerprint density at radius 1 is 1.40 bits per heavy atom. The van der Waals surface area contributed by atoms with E-state index in [1.807, 2.05) is 25.1 Å². The predicted molar refractivity (Wildman–Crippen MR) is 104 cm³/mol. The number of nitrogen functional groups attached to an aromatic ring is 1. The van der Waals surface area contributed by atoms with Gasteiger partial charge in [-0.1, -0.05) is 0 Å². The molecule has 1 saturated heterocycles. The number of aliphatic hydroxyl groups is 2. The van der Waals surface area contributed by atoms with Gasteiger partial charge in [0.1, 0.15) is 42.8 Å². The van der Waals surface area contributed by atoms with E-state index < -0.39 is 30.0 Å². The third-order valence-electron chi connectivity index (χ3n) is 5.05. The van der Waals surface area contributed by atoms with E-state index in [-0.39, 0.29) is 18.1 Å². The molecule has 4 N–H and O–H groups in total. The van der Waals surface area contributed by atoms with Crippen LogP contribution in [0.5, 0.6) is 0 Å². The topological polar surface area (TPSA) is 162 Å². The Balaban J connectivity index is 1.77. The molecule has 2 aromatic rings. The molecule has 4 atom stereocenters. The van der Waals surface area contributed by atoms with E-state index in [2.05, 4.69) is 10.1 Å². The number of carbonyl (C=O) groups excluding carboxylic acids is 1. The van der Waals surface area contributed by atoms with Crippen molar-refractivity contribution in [3.8, 4) is 6.07 Å². The molecule has 1 amide bonds. The molecule has 0 spiro atoms. The fourth-order valence-electron chi connectivity index (χ4n) is 3.26. The number of hydrogen-bond donors (Lipinski definition) is 3. The molecule has 1 fully saturated rings. The molecule has 3 heterocycles. The number of ether oxygens (including phenoxy) is 2. The molecule has 12 nitrogen and oxygen atoms in total. The van der Waals surface area contributed by atoms with Gasteiger partial charge in [-0.2, -0.15) is 10.4 Å². The number of amides is 1. The molecule has 162 valence electrons. The van der Waals surface area contributed by atoms with Gasteiger partial charge >= 0.3 is 6.09 Å². The second-order valence-corrected chi connectivity index (χ2v) is 7.40. The number of fused-ring (bicyclic) bond motifs is 1. The number of carbonyl (C=O) groups is 1. The van der Waals surface area contributed by atoms with Crippen molar-refractivity contribution in [2.75, 3.05) is 46.6 Å². The van der Waals surface area contributed by atoms with Crippen molar-refractivity contribution in [1.29, 1.82) is 5.26 Å². The Bertz CT molecular complexity index is 958. The first-order valence-electron chi connectivity index (χ1n) is 9.27. The highest BCUT2D eigenvalue weighted by Gasteiger charge is 2.57. The molecule has 3 rings (SSSR count). The molecule has 12 heteroatoms. The Labute approximate surface area is 173 Å². The summed E-state index contributed by atoms with van der Waals surface area (Å²) in [5, 5.41) is 35.0. The summed E-state index contributed by atoms with van der Waals surface area (Å²) in [5.41, 5.74) is 4.49. The van der Waals surface area contributed by atoms with E-state index in [0.29, 0.717) is 18.6 Å². The maximum Gasteiger partial charge on any atom is 0.409 e. The number of hydrogen-bond acceptors (Lipinski definition) is 10. The lowest BCUT2D eigenvalue weighted by Gasteiger charge is -2.24. The Morgan fingerprint density at radius 2 is 2.13 bits per heavy atom. The minimum absolute atomic E-state index is 0.178. The summed E-state index contributed by atoms with van der Waals surface area (Å²) < 4.78 is 12.3. The number of nitrogens with two attached hydrogens (primary N) is 1. The molecule has 30 heavy (non-hydrogen) atoms. The van der Waals surface area contributed by atoms with E-state index in [1.54, 1.807) is 13.1 Å². The second-order valence-electron chi connectivity index (χ2n) is 7.40. The van der Waals surface area contributed by atoms with Gasteiger partial charge in [-0.05, 0) is 26.2 Å². The molecular weight excluding hydrogens is 394 g/mol. The summed E-state index contributed by atoms with van der Waals surface area (Å²) in [6, 6.07) is 5.03. The van der Waals surface area contributed by atoms with Crippen molar-refractivity contribution in [1.82, 2.24) is 24.4 Å². The zero-order chi connectivity index (χ0) is 22.1. The highest BCUT2D eigenvalue weighted by atomic mass is 16.6. The van der Waals surface area contributed by atoms with Gasteiger partial charge < -0.3 is 35.2 Å². The van der Waals surface area contributed by atoms with Crippen LogP contribution in [-0.2, 0) is 15.1 Å². The number of nitriles is 1. The van der Waals surface area contributed by atoms with Crippen molar-refractivity contribution in [2.45, 2.75) is 23.9 Å². The van der Waals surface area contributed by atoms with Crippen LogP contribution in [0.2, 0.25) is 0 Å². The normalized spacial score (nSPS) is 26.1. The van der Waals surface area contributed by atoms with Crippen LogP contribution in [0.4, 0.5) is 10.6 Å². The van der Waals surface area contributed by atoms with Crippen molar-refractivity contribution in [3.63, 3.8) is 0 Å². The number of anilines is 1. The van der Waals surface area contributed by atoms with Crippen LogP contribution in [0, 0.1) is 11.3 Å². The lowest BCUT2D eigenvalue weighted by atomic mass is 9.92. The smallest absolute Gasteiger partial charge is 0.409 e. The van der Waals surface area contributed by atoms with Gasteiger partial charge in [-0.25, -0.2) is 14.3 Å². The van der Waals surface area contributed by atoms with Crippen molar-refractivity contribution < 1.29 is 24.5 Å². The monoisotopic (exact) mass is 419 g/mol. The fraction of sp³-hybridized carbons (Fsp3) is 0.556. The number of aliphatic hydroxyl groups excluding tert-OH is 2. The molecule has 1 aliphatic rings. The largest absolute Gasteiger partial charge is 0.447 e. The summed E-state index contributed by atoms with van der Waals surface area (Å²) in [6.07, 6.45) is -3.58. The first-order valence-corrected chi connectivity index (χ1v) is 9.27. The third-order valence-corrected chi connectivity index (χ3v) is 5.05. The van der Waals surface area contributed by atoms with Crippen LogP contribution in [0.3, 0.4) is 0 Å². The summed E-state index contributed by atoms with van der Waals surface area (Å²) in [4.78, 5) is 19.3. The molecule has 0 unspecified atom stereocenters. The Hall–Kier alpha value is -2.98. The van der Waals surface area contributed by atoms with Crippen LogP contribution in [0.25, 0.3) is 5.52 Å². The Morgan fingerprint density at radius 3 is 2.80 bits per heavy atom. The Kier molecular flexibility index (Phi) is 6.09. The highest BCUT2D eigenvalue weighted by Crippen LogP contribution is 2.40. The maximum atomic E-state index is 12.2. The zero-order valence-corrected chi connectivity index (χ0v) is 17.0. The average Bonchev–Trinajstić information content (AvgIpc) is 3.26. The zero-order valence-electron chi connectivity index (χ0n) is 17.0. The molecule has 2 aromatic heterocycles. The average molecular weight is 419 g/mol. The fourth-order valence-corrected chi connectivity index (χ4v) is 3.26. The van der Waals surface area contributed by atoms with Gasteiger partial charge in [-0.15, -0.1) is 0 Å². The molecule has 1 aliphatic heterocycles. The molecular formula is C18H25N7O5. The van der Waals surface area contributed by atoms with Gasteiger partial charge in [-0.3, -0.25) is 0 Å². The number of rotatable bonds is 6. The van der Waals surface area contributed by atoms with Crippen molar-refractivity contribution in [2.24, 2.45) is 0 Å². The first-order chi connectivity index (χ1) is 14.2. The predicted octanol–water partition coefficient (Wildman–Crippen LogP) is -1.22. The van der Waals surface area contributed by atoms with E-state index in [9.17, 15) is 20.3 Å². The van der Waals surface area contributed by atoms with Gasteiger partial charge in [0.25, 0.3) is 0 Å². The standard InChI is InChI=1S/C18H25N7O5/c1-23(2)6-7-24(3)17(28)29-8-12-14(26)15(27)18(9-19,30-12)13-5-4-11-16(20)21-10-22-25(11)13/h4-5,10,12,14-15,26-27H,6-8H2,1-3H3,(H2,20,21,22)/t12-,14-,15-,18+/m1/s1. The lowest BCUT2D eigenvalue weighted by Crippen LogP contribution is -2.41. The highest BCUT2D eigenvalue weighted by molar-refractivity contribution is 5.67. The number of likely N-dealkylation sites (N-methyl/N-ethyl adjacent to an activating group) is 2. The maximum absolute atomic E-state index is 12.2. The van der Waals surface area contributed by atoms with Crippen LogP contribution >= 0.6 is 0 Å². The van der Waals surface area contributed by atoms with Crippen molar-refractivity contribution in [3.05, 3.63) is 24.2 Å². The van der Waals surface area contributed by atoms with Gasteiger partial charge in [0, 0.05) is 20.1 Å². The van der Waals surface area contributed by atoms with E-state index in [1.165, 1.54) is 21.8 Å². The SMILES string of the molecule is CN(C)CCN(C)C(=O)OC[C@H]1O[C@@](C#N)(c2ccc3c(N)ncnn23)[C@H](O)[C@@H]1O. The van der Waals surface area contributed by atoms with Gasteiger partial charge in [0.05, 0.1) is 5.69 Å². The first kappa shape index (κ1) is 21.7. The molecule has 0 radical (unpaired) electrons. The quantitative estimate of drug-likeness (QED) is 0.517. The van der Waals surface area contributed by atoms with E-state index in [0.717, 1.165) is 0 Å². The minimum Gasteiger partial charge on any atom is -0.447 e. The molecule has 0 aliphatic carbocycles. The summed E-state index contributed by atoms with van der Waals surface area (Å²) in [6.45, 7) is 0.756. The summed E-state index contributed by atoms with van der Waals surface area (Å²) >= 11 is 0. The molecule has 0 aromatic carbocycles. The summed E-state index contributed by atoms with van der Waals surface area (Å²) in [7, 11) is 5.35. The number of nitrogens with zero attached hydrogens (tertiary/aromatic N) is 6. The minimum atomic E-state index is -1.93. The van der Waals surface area contributed by atoms with Crippen LogP contribution < -0.4 is 5.73 Å². The van der Waals surface area contributed by atoms with Gasteiger partial charge in [0.15, 0.2) is 5.82 Å². The van der Waals surface area contributed by atoms with E-state index in [4.69, 9.17) is 15.2 Å². The summed E-state index contributed by atoms with van der Waals surface area (Å²) in [5.74, 6) is 0.184. The van der Waals surface area contributed by atoms with Crippen LogP contribution in [0.1, 0.15) is 5.69 Å². The molecule has 0 saturated carbocycles. The van der Waals surface area contributed by atoms with E-state index >= 15 is 0 Å². The number of aromatic nitrogens is 3.